The fourth-order valence-corrected chi connectivity index (χ4v) is 8.22. The van der Waals surface area contributed by atoms with E-state index in [0.717, 1.165) is 19.3 Å². The first-order valence-electron chi connectivity index (χ1n) is 11.0. The van der Waals surface area contributed by atoms with E-state index in [9.17, 15) is 13.0 Å². The molecule has 1 N–H and O–H groups in total. The van der Waals surface area contributed by atoms with Crippen LogP contribution in [-0.4, -0.2) is 52.8 Å². The molecular weight excluding hydrogens is 405 g/mol. The maximum absolute atomic E-state index is 11.7. The number of fused-ring (bicyclic) bond motifs is 5. The van der Waals surface area contributed by atoms with Gasteiger partial charge < -0.3 is 0 Å². The van der Waals surface area contributed by atoms with Gasteiger partial charge in [-0.05, 0) is 90.7 Å². The van der Waals surface area contributed by atoms with Gasteiger partial charge in [0, 0.05) is 12.4 Å². The van der Waals surface area contributed by atoms with Crippen LogP contribution in [0.2, 0.25) is 0 Å². The van der Waals surface area contributed by atoms with Crippen molar-refractivity contribution in [2.24, 2.45) is 28.6 Å². The summed E-state index contributed by atoms with van der Waals surface area (Å²) < 4.78 is 33.0. The Morgan fingerprint density at radius 1 is 1.07 bits per heavy atom. The van der Waals surface area contributed by atoms with Gasteiger partial charge in [-0.2, -0.15) is 8.42 Å². The van der Waals surface area contributed by atoms with Gasteiger partial charge in [-0.3, -0.25) is 9.54 Å². The van der Waals surface area contributed by atoms with Gasteiger partial charge in [-0.25, -0.2) is 0 Å². The Kier molecular flexibility index (Phi) is 5.94. The van der Waals surface area contributed by atoms with Crippen LogP contribution in [0.3, 0.4) is 0 Å². The molecule has 0 aliphatic heterocycles. The van der Waals surface area contributed by atoms with E-state index in [1.54, 1.807) is 0 Å². The number of rotatable bonds is 2. The fraction of sp³-hybridized carbons (Fsp3) is 0.625. The van der Waals surface area contributed by atoms with Crippen molar-refractivity contribution in [3.8, 4) is 0 Å². The summed E-state index contributed by atoms with van der Waals surface area (Å²) in [6, 6.07) is 4.22. The summed E-state index contributed by atoms with van der Waals surface area (Å²) in [6.07, 6.45) is 15.2. The Labute approximate surface area is 202 Å². The summed E-state index contributed by atoms with van der Waals surface area (Å²) in [7, 11) is -3.95. The van der Waals surface area contributed by atoms with Gasteiger partial charge >= 0.3 is 29.6 Å². The predicted molar refractivity (Wildman–Crippen MR) is 122 cm³/mol. The van der Waals surface area contributed by atoms with E-state index < -0.39 is 15.4 Å². The summed E-state index contributed by atoms with van der Waals surface area (Å²) in [6.45, 7) is 4.82. The Hall–Kier alpha value is -0.460. The van der Waals surface area contributed by atoms with Crippen LogP contribution in [0.25, 0.3) is 5.57 Å². The second kappa shape index (κ2) is 7.84. The normalized spacial score (nSPS) is 40.2. The molecule has 1 aromatic rings. The van der Waals surface area contributed by atoms with Crippen molar-refractivity contribution in [3.63, 3.8) is 0 Å². The Morgan fingerprint density at radius 3 is 2.53 bits per heavy atom. The molecule has 0 spiro atoms. The molecule has 0 unspecified atom stereocenters. The number of nitrogens with zero attached hydrogens (tertiary/aromatic N) is 1. The molecule has 4 nitrogen and oxygen atoms in total. The summed E-state index contributed by atoms with van der Waals surface area (Å²) in [5.74, 6) is 1.91. The molecule has 4 aliphatic rings. The third-order valence-corrected chi connectivity index (χ3v) is 10.3. The summed E-state index contributed by atoms with van der Waals surface area (Å²) in [4.78, 5) is 4.35. The first-order chi connectivity index (χ1) is 13.7. The van der Waals surface area contributed by atoms with Crippen molar-refractivity contribution in [2.45, 2.75) is 64.0 Å². The number of allylic oxidation sites excluding steroid dienone is 4. The molecule has 1 aromatic heterocycles. The molecule has 0 bridgehead atoms. The molecule has 0 saturated heterocycles. The van der Waals surface area contributed by atoms with E-state index in [-0.39, 0.29) is 40.4 Å². The van der Waals surface area contributed by atoms with E-state index in [0.29, 0.717) is 30.6 Å². The molecule has 0 aromatic carbocycles. The van der Waals surface area contributed by atoms with Gasteiger partial charge in [0.2, 0.25) is 0 Å². The zero-order valence-electron chi connectivity index (χ0n) is 17.3. The molecule has 2 saturated carbocycles. The van der Waals surface area contributed by atoms with Crippen LogP contribution in [0.1, 0.15) is 64.4 Å². The third kappa shape index (κ3) is 3.40. The Balaban J connectivity index is 0.00000218. The zero-order valence-corrected chi connectivity index (χ0v) is 18.2. The molecule has 30 heavy (non-hydrogen) atoms. The Morgan fingerprint density at radius 2 is 1.83 bits per heavy atom. The molecule has 6 atom stereocenters. The van der Waals surface area contributed by atoms with Crippen LogP contribution >= 0.6 is 0 Å². The molecule has 5 rings (SSSR count). The Bertz CT molecular complexity index is 989. The molecule has 0 radical (unpaired) electrons. The second-order valence-corrected chi connectivity index (χ2v) is 11.9. The third-order valence-electron chi connectivity index (χ3n) is 9.03. The zero-order chi connectivity index (χ0) is 20.4. The fourth-order valence-electron chi connectivity index (χ4n) is 7.42. The molecule has 0 amide bonds. The minimum absolute atomic E-state index is 0. The molecule has 1 heterocycles. The van der Waals surface area contributed by atoms with Crippen molar-refractivity contribution < 1.29 is 13.0 Å². The van der Waals surface area contributed by atoms with Crippen LogP contribution in [0, 0.1) is 28.6 Å². The van der Waals surface area contributed by atoms with Gasteiger partial charge in [0.1, 0.15) is 0 Å². The van der Waals surface area contributed by atoms with Gasteiger partial charge in [0.25, 0.3) is 10.1 Å². The molecule has 4 aliphatic carbocycles. The van der Waals surface area contributed by atoms with E-state index in [1.165, 1.54) is 29.6 Å². The molecule has 158 valence electrons. The van der Waals surface area contributed by atoms with Crippen molar-refractivity contribution in [1.82, 2.24) is 4.98 Å². The molecule has 2 fully saturated rings. The van der Waals surface area contributed by atoms with Crippen LogP contribution in [0.15, 0.2) is 42.3 Å². The summed E-state index contributed by atoms with van der Waals surface area (Å²) in [5.41, 5.74) is 4.32. The topological polar surface area (TPSA) is 67.3 Å². The SMILES string of the molecule is C[C@]12CC[C@H](S(=O)(=O)O)CC1=CC[C@@H]1[C@@H]2CC[C@]2(C)C(c3cccnc3)=CC[C@@H]12.[NaH]. The standard InChI is InChI=1S/C24H31NO3S.Na.H/c1-23-11-9-18(29(26,27)28)14-17(23)5-6-19-21-8-7-20(16-4-3-13-25-15-16)24(21,2)12-10-22(19)23;;/h3-5,7,13,15,18-19,21-22H,6,8-12,14H2,1-2H3,(H,26,27,28);;/t18-,19-,21-,22-,23-,24+;;/m0../s1. The first-order valence-corrected chi connectivity index (χ1v) is 12.5. The van der Waals surface area contributed by atoms with Crippen molar-refractivity contribution in [1.29, 1.82) is 0 Å². The quantitative estimate of drug-likeness (QED) is 0.416. The second-order valence-electron chi connectivity index (χ2n) is 10.2. The average Bonchev–Trinajstić information content (AvgIpc) is 3.04. The van der Waals surface area contributed by atoms with Crippen molar-refractivity contribution in [3.05, 3.63) is 47.8 Å². The van der Waals surface area contributed by atoms with E-state index >= 15 is 0 Å². The van der Waals surface area contributed by atoms with Crippen LogP contribution < -0.4 is 0 Å². The predicted octanol–water partition coefficient (Wildman–Crippen LogP) is 4.65. The van der Waals surface area contributed by atoms with Gasteiger partial charge in [0.15, 0.2) is 0 Å². The van der Waals surface area contributed by atoms with Crippen molar-refractivity contribution in [2.75, 3.05) is 0 Å². The van der Waals surface area contributed by atoms with Crippen LogP contribution in [0.5, 0.6) is 0 Å². The maximum atomic E-state index is 11.7. The first kappa shape index (κ1) is 22.7. The number of hydrogen-bond acceptors (Lipinski definition) is 3. The van der Waals surface area contributed by atoms with E-state index in [2.05, 4.69) is 37.0 Å². The van der Waals surface area contributed by atoms with E-state index in [1.807, 2.05) is 18.5 Å². The number of aromatic nitrogens is 1. The van der Waals surface area contributed by atoms with Gasteiger partial charge in [-0.15, -0.1) is 0 Å². The average molecular weight is 438 g/mol. The minimum atomic E-state index is -3.95. The summed E-state index contributed by atoms with van der Waals surface area (Å²) in [5, 5.41) is -0.613. The van der Waals surface area contributed by atoms with Crippen LogP contribution in [-0.2, 0) is 10.1 Å². The monoisotopic (exact) mass is 437 g/mol. The number of pyridine rings is 1. The van der Waals surface area contributed by atoms with Crippen molar-refractivity contribution >= 4 is 45.2 Å². The van der Waals surface area contributed by atoms with Gasteiger partial charge in [-0.1, -0.05) is 37.6 Å². The van der Waals surface area contributed by atoms with E-state index in [4.69, 9.17) is 0 Å². The number of hydrogen-bond donors (Lipinski definition) is 1. The van der Waals surface area contributed by atoms with Gasteiger partial charge in [0.05, 0.1) is 5.25 Å². The molecule has 6 heteroatoms. The van der Waals surface area contributed by atoms with Crippen LogP contribution in [0.4, 0.5) is 0 Å². The molecular formula is C24H32NNaO3S. The summed E-state index contributed by atoms with van der Waals surface area (Å²) >= 11 is 0.